The lowest BCUT2D eigenvalue weighted by atomic mass is 10.2. The summed E-state index contributed by atoms with van der Waals surface area (Å²) in [6.45, 7) is 0.979. The normalized spacial score (nSPS) is 10.1. The standard InChI is InChI=1S/C16H17NO2S2/c1-21-15-8-6-14(7-9-15)19-11-10-18-13-4-2-12(3-5-13)16(17)20/h2-9H,10-11H2,1H3,(H2,17,20). The molecule has 0 aromatic heterocycles. The summed E-state index contributed by atoms with van der Waals surface area (Å²) < 4.78 is 11.2. The fraction of sp³-hybridized carbons (Fsp3) is 0.188. The summed E-state index contributed by atoms with van der Waals surface area (Å²) >= 11 is 6.61. The van der Waals surface area contributed by atoms with Crippen LogP contribution >= 0.6 is 24.0 Å². The molecule has 0 heterocycles. The second-order valence-corrected chi connectivity index (χ2v) is 5.58. The highest BCUT2D eigenvalue weighted by Gasteiger charge is 1.99. The van der Waals surface area contributed by atoms with Crippen molar-refractivity contribution in [2.24, 2.45) is 5.73 Å². The molecular formula is C16H17NO2S2. The molecule has 2 aromatic carbocycles. The van der Waals surface area contributed by atoms with E-state index < -0.39 is 0 Å². The third-order valence-electron chi connectivity index (χ3n) is 2.82. The van der Waals surface area contributed by atoms with Gasteiger partial charge in [-0.2, -0.15) is 0 Å². The number of benzene rings is 2. The van der Waals surface area contributed by atoms with Gasteiger partial charge in [0, 0.05) is 10.5 Å². The highest BCUT2D eigenvalue weighted by Crippen LogP contribution is 2.19. The van der Waals surface area contributed by atoms with Crippen LogP contribution in [-0.2, 0) is 0 Å². The highest BCUT2D eigenvalue weighted by molar-refractivity contribution is 7.98. The minimum Gasteiger partial charge on any atom is -0.490 e. The van der Waals surface area contributed by atoms with Crippen molar-refractivity contribution in [3.05, 3.63) is 54.1 Å². The van der Waals surface area contributed by atoms with Gasteiger partial charge in [0.15, 0.2) is 0 Å². The minimum atomic E-state index is 0.388. The first-order valence-corrected chi connectivity index (χ1v) is 8.12. The van der Waals surface area contributed by atoms with E-state index in [2.05, 4.69) is 0 Å². The maximum absolute atomic E-state index is 5.61. The minimum absolute atomic E-state index is 0.388. The van der Waals surface area contributed by atoms with Crippen LogP contribution in [-0.4, -0.2) is 24.5 Å². The number of hydrogen-bond donors (Lipinski definition) is 1. The third-order valence-corrected chi connectivity index (χ3v) is 3.80. The Morgan fingerprint density at radius 2 is 1.43 bits per heavy atom. The first-order chi connectivity index (χ1) is 10.2. The lowest BCUT2D eigenvalue weighted by Gasteiger charge is -2.09. The number of thioether (sulfide) groups is 1. The number of rotatable bonds is 7. The molecule has 0 unspecified atom stereocenters. The molecule has 5 heteroatoms. The average Bonchev–Trinajstić information content (AvgIpc) is 2.52. The van der Waals surface area contributed by atoms with Gasteiger partial charge in [-0.1, -0.05) is 12.2 Å². The van der Waals surface area contributed by atoms with Crippen molar-refractivity contribution in [1.29, 1.82) is 0 Å². The van der Waals surface area contributed by atoms with E-state index in [1.54, 1.807) is 11.8 Å². The molecule has 0 saturated heterocycles. The van der Waals surface area contributed by atoms with E-state index in [1.165, 1.54) is 4.90 Å². The highest BCUT2D eigenvalue weighted by atomic mass is 32.2. The van der Waals surface area contributed by atoms with Gasteiger partial charge in [0.05, 0.1) is 0 Å². The molecule has 0 bridgehead atoms. The molecule has 2 aromatic rings. The first kappa shape index (κ1) is 15.7. The lowest BCUT2D eigenvalue weighted by Crippen LogP contribution is -2.10. The van der Waals surface area contributed by atoms with Crippen molar-refractivity contribution in [3.8, 4) is 11.5 Å². The summed E-state index contributed by atoms with van der Waals surface area (Å²) in [7, 11) is 0. The van der Waals surface area contributed by atoms with Crippen LogP contribution in [0.4, 0.5) is 0 Å². The second kappa shape index (κ2) is 7.90. The molecule has 0 aliphatic carbocycles. The summed E-state index contributed by atoms with van der Waals surface area (Å²) in [4.78, 5) is 1.61. The van der Waals surface area contributed by atoms with Crippen molar-refractivity contribution >= 4 is 29.0 Å². The molecule has 0 spiro atoms. The van der Waals surface area contributed by atoms with Crippen LogP contribution in [0.5, 0.6) is 11.5 Å². The van der Waals surface area contributed by atoms with Gasteiger partial charge < -0.3 is 15.2 Å². The van der Waals surface area contributed by atoms with Gasteiger partial charge in [-0.25, -0.2) is 0 Å². The van der Waals surface area contributed by atoms with E-state index in [4.69, 9.17) is 27.4 Å². The van der Waals surface area contributed by atoms with Crippen LogP contribution in [0.2, 0.25) is 0 Å². The largest absolute Gasteiger partial charge is 0.490 e. The topological polar surface area (TPSA) is 44.5 Å². The Balaban J connectivity index is 1.74. The molecule has 0 amide bonds. The lowest BCUT2D eigenvalue weighted by molar-refractivity contribution is 0.217. The van der Waals surface area contributed by atoms with Crippen molar-refractivity contribution in [3.63, 3.8) is 0 Å². The van der Waals surface area contributed by atoms with E-state index in [-0.39, 0.29) is 0 Å². The molecular weight excluding hydrogens is 302 g/mol. The number of thiocarbonyl (C=S) groups is 1. The third kappa shape index (κ3) is 4.95. The molecule has 0 atom stereocenters. The zero-order valence-electron chi connectivity index (χ0n) is 11.7. The fourth-order valence-corrected chi connectivity index (χ4v) is 2.25. The molecule has 2 rings (SSSR count). The molecule has 0 saturated carbocycles. The molecule has 3 nitrogen and oxygen atoms in total. The van der Waals surface area contributed by atoms with Crippen LogP contribution in [0.1, 0.15) is 5.56 Å². The summed E-state index contributed by atoms with van der Waals surface area (Å²) in [6.07, 6.45) is 2.05. The van der Waals surface area contributed by atoms with E-state index in [9.17, 15) is 0 Å². The van der Waals surface area contributed by atoms with Crippen molar-refractivity contribution < 1.29 is 9.47 Å². The smallest absolute Gasteiger partial charge is 0.122 e. The summed E-state index contributed by atoms with van der Waals surface area (Å²) in [5.41, 5.74) is 6.38. The Bertz CT molecular complexity index is 582. The van der Waals surface area contributed by atoms with Gasteiger partial charge in [-0.3, -0.25) is 0 Å². The first-order valence-electron chi connectivity index (χ1n) is 6.48. The van der Waals surface area contributed by atoms with Gasteiger partial charge in [0.2, 0.25) is 0 Å². The summed E-state index contributed by atoms with van der Waals surface area (Å²) in [5, 5.41) is 0. The van der Waals surface area contributed by atoms with Gasteiger partial charge in [-0.15, -0.1) is 11.8 Å². The monoisotopic (exact) mass is 319 g/mol. The number of nitrogens with two attached hydrogens (primary N) is 1. The van der Waals surface area contributed by atoms with Gasteiger partial charge in [-0.05, 0) is 54.8 Å². The van der Waals surface area contributed by atoms with Crippen LogP contribution in [0.25, 0.3) is 0 Å². The number of ether oxygens (including phenoxy) is 2. The molecule has 110 valence electrons. The zero-order chi connectivity index (χ0) is 15.1. The summed E-state index contributed by atoms with van der Waals surface area (Å²) in [5.74, 6) is 1.62. The van der Waals surface area contributed by atoms with Gasteiger partial charge >= 0.3 is 0 Å². The Morgan fingerprint density at radius 3 is 1.86 bits per heavy atom. The molecule has 0 aliphatic rings. The Morgan fingerprint density at radius 1 is 0.952 bits per heavy atom. The van der Waals surface area contributed by atoms with E-state index >= 15 is 0 Å². The van der Waals surface area contributed by atoms with Crippen LogP contribution < -0.4 is 15.2 Å². The summed E-state index contributed by atoms with van der Waals surface area (Å²) in [6, 6.07) is 15.4. The van der Waals surface area contributed by atoms with Crippen molar-refractivity contribution in [2.45, 2.75) is 4.90 Å². The number of hydrogen-bond acceptors (Lipinski definition) is 4. The average molecular weight is 319 g/mol. The Hall–Kier alpha value is -1.72. The van der Waals surface area contributed by atoms with E-state index in [0.29, 0.717) is 18.2 Å². The van der Waals surface area contributed by atoms with Gasteiger partial charge in [0.25, 0.3) is 0 Å². The van der Waals surface area contributed by atoms with Crippen LogP contribution in [0, 0.1) is 0 Å². The maximum Gasteiger partial charge on any atom is 0.122 e. The SMILES string of the molecule is CSc1ccc(OCCOc2ccc(C(N)=S)cc2)cc1. The van der Waals surface area contributed by atoms with Crippen molar-refractivity contribution in [1.82, 2.24) is 0 Å². The van der Waals surface area contributed by atoms with Crippen LogP contribution in [0.15, 0.2) is 53.4 Å². The van der Waals surface area contributed by atoms with E-state index in [0.717, 1.165) is 17.1 Å². The quantitative estimate of drug-likeness (QED) is 0.481. The Kier molecular flexibility index (Phi) is 5.90. The van der Waals surface area contributed by atoms with Crippen molar-refractivity contribution in [2.75, 3.05) is 19.5 Å². The van der Waals surface area contributed by atoms with Crippen LogP contribution in [0.3, 0.4) is 0 Å². The molecule has 0 aliphatic heterocycles. The molecule has 21 heavy (non-hydrogen) atoms. The molecule has 0 fully saturated rings. The van der Waals surface area contributed by atoms with E-state index in [1.807, 2.05) is 54.8 Å². The fourth-order valence-electron chi connectivity index (χ4n) is 1.71. The maximum atomic E-state index is 5.61. The predicted octanol–water partition coefficient (Wildman–Crippen LogP) is 3.50. The Labute approximate surface area is 134 Å². The van der Waals surface area contributed by atoms with Gasteiger partial charge in [0.1, 0.15) is 29.7 Å². The second-order valence-electron chi connectivity index (χ2n) is 4.26. The molecule has 0 radical (unpaired) electrons. The predicted molar refractivity (Wildman–Crippen MR) is 91.5 cm³/mol. The molecule has 2 N–H and O–H groups in total. The zero-order valence-corrected chi connectivity index (χ0v) is 13.4.